The number of hydrogen-bond acceptors (Lipinski definition) is 3. The molecule has 0 unspecified atom stereocenters. The maximum absolute atomic E-state index is 5.80. The Morgan fingerprint density at radius 3 is 2.47 bits per heavy atom. The van der Waals surface area contributed by atoms with Gasteiger partial charge < -0.3 is 5.73 Å². The van der Waals surface area contributed by atoms with Crippen molar-refractivity contribution in [2.24, 2.45) is 5.73 Å². The van der Waals surface area contributed by atoms with Crippen LogP contribution in [0.25, 0.3) is 11.3 Å². The fourth-order valence-corrected chi connectivity index (χ4v) is 2.68. The quantitative estimate of drug-likeness (QED) is 0.902. The molecule has 17 heavy (non-hydrogen) atoms. The molecular weight excluding hydrogens is 228 g/mol. The van der Waals surface area contributed by atoms with Crippen LogP contribution in [-0.4, -0.2) is 11.5 Å². The van der Waals surface area contributed by atoms with Crippen molar-refractivity contribution in [1.29, 1.82) is 0 Å². The summed E-state index contributed by atoms with van der Waals surface area (Å²) in [5.74, 6) is 0. The zero-order valence-electron chi connectivity index (χ0n) is 10.5. The molecule has 0 bridgehead atoms. The lowest BCUT2D eigenvalue weighted by Crippen LogP contribution is -2.27. The van der Waals surface area contributed by atoms with Crippen molar-refractivity contribution in [3.63, 3.8) is 0 Å². The van der Waals surface area contributed by atoms with E-state index in [1.54, 1.807) is 11.3 Å². The Morgan fingerprint density at radius 2 is 1.88 bits per heavy atom. The predicted octanol–water partition coefficient (Wildman–Crippen LogP) is 3.35. The molecule has 0 aliphatic rings. The molecule has 90 valence electrons. The number of benzene rings is 1. The summed E-state index contributed by atoms with van der Waals surface area (Å²) < 4.78 is 0. The molecule has 0 saturated heterocycles. The van der Waals surface area contributed by atoms with E-state index in [0.717, 1.165) is 10.7 Å². The molecule has 2 nitrogen and oxygen atoms in total. The van der Waals surface area contributed by atoms with Crippen molar-refractivity contribution < 1.29 is 0 Å². The van der Waals surface area contributed by atoms with E-state index in [-0.39, 0.29) is 5.41 Å². The third-order valence-corrected chi connectivity index (χ3v) is 4.27. The van der Waals surface area contributed by atoms with Crippen LogP contribution in [0.1, 0.15) is 23.7 Å². The van der Waals surface area contributed by atoms with Crippen molar-refractivity contribution in [2.45, 2.75) is 26.2 Å². The van der Waals surface area contributed by atoms with E-state index >= 15 is 0 Å². The first kappa shape index (κ1) is 12.3. The molecule has 2 N–H and O–H groups in total. The minimum absolute atomic E-state index is 0.0392. The van der Waals surface area contributed by atoms with Gasteiger partial charge in [-0.15, -0.1) is 11.3 Å². The third kappa shape index (κ3) is 2.40. The second-order valence-electron chi connectivity index (χ2n) is 4.88. The second kappa shape index (κ2) is 4.59. The zero-order chi connectivity index (χ0) is 12.5. The van der Waals surface area contributed by atoms with Gasteiger partial charge in [-0.05, 0) is 6.92 Å². The lowest BCUT2D eigenvalue weighted by Gasteiger charge is -2.18. The Labute approximate surface area is 107 Å². The van der Waals surface area contributed by atoms with Gasteiger partial charge in [0.2, 0.25) is 0 Å². The Morgan fingerprint density at radius 1 is 1.24 bits per heavy atom. The fourth-order valence-electron chi connectivity index (χ4n) is 1.64. The van der Waals surface area contributed by atoms with E-state index in [1.807, 2.05) is 18.2 Å². The lowest BCUT2D eigenvalue weighted by atomic mass is 9.95. The second-order valence-corrected chi connectivity index (χ2v) is 6.08. The summed E-state index contributed by atoms with van der Waals surface area (Å²) in [5, 5.41) is 1.12. The normalized spacial score (nSPS) is 11.8. The Kier molecular flexibility index (Phi) is 3.31. The summed E-state index contributed by atoms with van der Waals surface area (Å²) in [6.45, 7) is 7.02. The Hall–Kier alpha value is -1.19. The first-order valence-corrected chi connectivity index (χ1v) is 6.59. The highest BCUT2D eigenvalue weighted by Crippen LogP contribution is 2.33. The molecule has 2 aromatic rings. The number of nitrogens with zero attached hydrogens (tertiary/aromatic N) is 1. The van der Waals surface area contributed by atoms with Crippen molar-refractivity contribution >= 4 is 11.3 Å². The maximum Gasteiger partial charge on any atom is 0.100 e. The van der Waals surface area contributed by atoms with E-state index in [0.29, 0.717) is 6.54 Å². The average Bonchev–Trinajstić information content (AvgIpc) is 2.73. The number of aromatic nitrogens is 1. The van der Waals surface area contributed by atoms with Gasteiger partial charge in [-0.2, -0.15) is 0 Å². The molecule has 1 heterocycles. The van der Waals surface area contributed by atoms with Crippen LogP contribution in [0.4, 0.5) is 0 Å². The first-order chi connectivity index (χ1) is 8.04. The van der Waals surface area contributed by atoms with Gasteiger partial charge in [0.15, 0.2) is 0 Å². The van der Waals surface area contributed by atoms with Crippen LogP contribution in [0, 0.1) is 6.92 Å². The topological polar surface area (TPSA) is 38.9 Å². The number of hydrogen-bond donors (Lipinski definition) is 1. The fraction of sp³-hybridized carbons (Fsp3) is 0.357. The van der Waals surface area contributed by atoms with Gasteiger partial charge in [0.05, 0.1) is 5.69 Å². The number of nitrogens with two attached hydrogens (primary N) is 1. The molecule has 0 aliphatic heterocycles. The Bertz CT molecular complexity index is 500. The SMILES string of the molecule is Cc1sc(C(C)(C)CN)nc1-c1ccccc1. The standard InChI is InChI=1S/C14H18N2S/c1-10-12(11-7-5-4-6-8-11)16-13(17-10)14(2,3)9-15/h4-8H,9,15H2,1-3H3. The van der Waals surface area contributed by atoms with E-state index in [9.17, 15) is 0 Å². The van der Waals surface area contributed by atoms with E-state index in [4.69, 9.17) is 10.7 Å². The summed E-state index contributed by atoms with van der Waals surface area (Å²) in [7, 11) is 0. The monoisotopic (exact) mass is 246 g/mol. The average molecular weight is 246 g/mol. The summed E-state index contributed by atoms with van der Waals surface area (Å²) in [4.78, 5) is 6.02. The summed E-state index contributed by atoms with van der Waals surface area (Å²) in [6.07, 6.45) is 0. The minimum atomic E-state index is -0.0392. The number of rotatable bonds is 3. The summed E-state index contributed by atoms with van der Waals surface area (Å²) >= 11 is 1.75. The highest BCUT2D eigenvalue weighted by molar-refractivity contribution is 7.12. The van der Waals surface area contributed by atoms with Crippen LogP contribution in [0.3, 0.4) is 0 Å². The summed E-state index contributed by atoms with van der Waals surface area (Å²) in [6, 6.07) is 10.3. The van der Waals surface area contributed by atoms with Crippen molar-refractivity contribution in [2.75, 3.05) is 6.54 Å². The predicted molar refractivity (Wildman–Crippen MR) is 74.4 cm³/mol. The lowest BCUT2D eigenvalue weighted by molar-refractivity contribution is 0.536. The zero-order valence-corrected chi connectivity index (χ0v) is 11.3. The third-order valence-electron chi connectivity index (χ3n) is 2.93. The molecule has 2 rings (SSSR count). The van der Waals surface area contributed by atoms with Crippen LogP contribution in [0.5, 0.6) is 0 Å². The molecule has 0 amide bonds. The van der Waals surface area contributed by atoms with Gasteiger partial charge in [-0.1, -0.05) is 44.2 Å². The van der Waals surface area contributed by atoms with Gasteiger partial charge in [-0.3, -0.25) is 0 Å². The Balaban J connectivity index is 2.45. The number of thiazole rings is 1. The molecular formula is C14H18N2S. The smallest absolute Gasteiger partial charge is 0.100 e. The molecule has 3 heteroatoms. The highest BCUT2D eigenvalue weighted by Gasteiger charge is 2.24. The number of aryl methyl sites for hydroxylation is 1. The molecule has 0 radical (unpaired) electrons. The van der Waals surface area contributed by atoms with Crippen LogP contribution in [-0.2, 0) is 5.41 Å². The van der Waals surface area contributed by atoms with Gasteiger partial charge in [0.25, 0.3) is 0 Å². The maximum atomic E-state index is 5.80. The van der Waals surface area contributed by atoms with Crippen LogP contribution < -0.4 is 5.73 Å². The molecule has 0 atom stereocenters. The van der Waals surface area contributed by atoms with Gasteiger partial charge >= 0.3 is 0 Å². The van der Waals surface area contributed by atoms with Crippen LogP contribution in [0.15, 0.2) is 30.3 Å². The van der Waals surface area contributed by atoms with E-state index < -0.39 is 0 Å². The summed E-state index contributed by atoms with van der Waals surface area (Å²) in [5.41, 5.74) is 8.03. The molecule has 1 aromatic carbocycles. The van der Waals surface area contributed by atoms with Gasteiger partial charge in [0, 0.05) is 22.4 Å². The molecule has 0 spiro atoms. The van der Waals surface area contributed by atoms with E-state index in [2.05, 4.69) is 32.9 Å². The molecule has 0 aliphatic carbocycles. The molecule has 1 aromatic heterocycles. The largest absolute Gasteiger partial charge is 0.330 e. The van der Waals surface area contributed by atoms with Gasteiger partial charge in [-0.25, -0.2) is 4.98 Å². The van der Waals surface area contributed by atoms with E-state index in [1.165, 1.54) is 10.4 Å². The van der Waals surface area contributed by atoms with Crippen molar-refractivity contribution in [1.82, 2.24) is 4.98 Å². The van der Waals surface area contributed by atoms with Gasteiger partial charge in [0.1, 0.15) is 5.01 Å². The van der Waals surface area contributed by atoms with Crippen molar-refractivity contribution in [3.05, 3.63) is 40.2 Å². The highest BCUT2D eigenvalue weighted by atomic mass is 32.1. The van der Waals surface area contributed by atoms with Crippen molar-refractivity contribution in [3.8, 4) is 11.3 Å². The first-order valence-electron chi connectivity index (χ1n) is 5.78. The van der Waals surface area contributed by atoms with Crippen LogP contribution in [0.2, 0.25) is 0 Å². The minimum Gasteiger partial charge on any atom is -0.330 e. The molecule has 0 fully saturated rings. The van der Waals surface area contributed by atoms with Crippen LogP contribution >= 0.6 is 11.3 Å². The molecule has 0 saturated carbocycles.